The molecule has 2 unspecified atom stereocenters. The average Bonchev–Trinajstić information content (AvgIpc) is 2.30. The van der Waals surface area contributed by atoms with Gasteiger partial charge in [-0.25, -0.2) is 0 Å². The Balaban J connectivity index is 2.03. The molecule has 0 aromatic heterocycles. The molecule has 0 bridgehead atoms. The van der Waals surface area contributed by atoms with Crippen LogP contribution in [0.25, 0.3) is 0 Å². The molecule has 0 heterocycles. The quantitative estimate of drug-likeness (QED) is 0.809. The van der Waals surface area contributed by atoms with E-state index >= 15 is 0 Å². The van der Waals surface area contributed by atoms with Crippen molar-refractivity contribution in [3.05, 3.63) is 33.4 Å². The molecule has 0 spiro atoms. The fourth-order valence-electron chi connectivity index (χ4n) is 2.85. The van der Waals surface area contributed by atoms with Gasteiger partial charge in [-0.15, -0.1) is 0 Å². The molecule has 1 aliphatic carbocycles. The second kappa shape index (κ2) is 5.27. The fraction of sp³-hybridized carbons (Fsp3) is 0.600. The van der Waals surface area contributed by atoms with Gasteiger partial charge in [0, 0.05) is 9.61 Å². The average molecular weight is 343 g/mol. The van der Waals surface area contributed by atoms with E-state index in [1.165, 1.54) is 22.0 Å². The largest absolute Gasteiger partial charge is 0.313 e. The smallest absolute Gasteiger partial charge is 0.0130 e. The van der Waals surface area contributed by atoms with E-state index in [1.54, 1.807) is 0 Å². The van der Waals surface area contributed by atoms with Crippen molar-refractivity contribution in [3.8, 4) is 0 Å². The van der Waals surface area contributed by atoms with Crippen LogP contribution in [0.1, 0.15) is 45.1 Å². The lowest BCUT2D eigenvalue weighted by Gasteiger charge is -2.53. The normalized spacial score (nSPS) is 26.6. The third kappa shape index (κ3) is 2.68. The Kier molecular flexibility index (Phi) is 4.14. The molecule has 1 saturated carbocycles. The maximum absolute atomic E-state index is 3.67. The summed E-state index contributed by atoms with van der Waals surface area (Å²) in [5.74, 6) is 0.717. The summed E-state index contributed by atoms with van der Waals surface area (Å²) in [6.07, 6.45) is 2.51. The van der Waals surface area contributed by atoms with Crippen molar-refractivity contribution in [1.29, 1.82) is 0 Å². The SMILES string of the molecule is CCCNC1CC(c2ccc(I)cc2)C1(C)C. The number of halogens is 1. The van der Waals surface area contributed by atoms with Gasteiger partial charge in [0.25, 0.3) is 0 Å². The lowest BCUT2D eigenvalue weighted by atomic mass is 9.56. The summed E-state index contributed by atoms with van der Waals surface area (Å²) in [6.45, 7) is 8.17. The maximum Gasteiger partial charge on any atom is 0.0130 e. The monoisotopic (exact) mass is 343 g/mol. The van der Waals surface area contributed by atoms with Crippen molar-refractivity contribution < 1.29 is 0 Å². The van der Waals surface area contributed by atoms with Gasteiger partial charge < -0.3 is 5.32 Å². The molecule has 0 aliphatic heterocycles. The van der Waals surface area contributed by atoms with Crippen molar-refractivity contribution in [2.45, 2.75) is 45.6 Å². The van der Waals surface area contributed by atoms with Crippen molar-refractivity contribution >= 4 is 22.6 Å². The molecule has 1 aliphatic rings. The molecule has 2 rings (SSSR count). The second-order valence-corrected chi connectivity index (χ2v) is 6.91. The van der Waals surface area contributed by atoms with E-state index in [4.69, 9.17) is 0 Å². The summed E-state index contributed by atoms with van der Waals surface area (Å²) in [5, 5.41) is 3.67. The lowest BCUT2D eigenvalue weighted by molar-refractivity contribution is 0.0695. The van der Waals surface area contributed by atoms with E-state index in [0.717, 1.165) is 6.54 Å². The van der Waals surface area contributed by atoms with E-state index in [2.05, 4.69) is 72.9 Å². The van der Waals surface area contributed by atoms with E-state index in [-0.39, 0.29) is 0 Å². The number of hydrogen-bond donors (Lipinski definition) is 1. The predicted octanol–water partition coefficient (Wildman–Crippen LogP) is 4.17. The molecule has 0 amide bonds. The first-order chi connectivity index (χ1) is 8.05. The Hall–Kier alpha value is -0.0900. The minimum Gasteiger partial charge on any atom is -0.313 e. The van der Waals surface area contributed by atoms with Crippen LogP contribution in [0.5, 0.6) is 0 Å². The lowest BCUT2D eigenvalue weighted by Crippen LogP contribution is -2.55. The Morgan fingerprint density at radius 3 is 2.47 bits per heavy atom. The van der Waals surface area contributed by atoms with Gasteiger partial charge in [-0.3, -0.25) is 0 Å². The number of rotatable bonds is 4. The zero-order valence-electron chi connectivity index (χ0n) is 11.0. The highest BCUT2D eigenvalue weighted by molar-refractivity contribution is 14.1. The van der Waals surface area contributed by atoms with Crippen LogP contribution in [-0.2, 0) is 0 Å². The van der Waals surface area contributed by atoms with Crippen LogP contribution in [-0.4, -0.2) is 12.6 Å². The minimum absolute atomic E-state index is 0.391. The third-order valence-electron chi connectivity index (χ3n) is 4.18. The Morgan fingerprint density at radius 1 is 1.29 bits per heavy atom. The highest BCUT2D eigenvalue weighted by Crippen LogP contribution is 2.52. The summed E-state index contributed by atoms with van der Waals surface area (Å²) in [5.41, 5.74) is 1.90. The number of benzene rings is 1. The summed E-state index contributed by atoms with van der Waals surface area (Å²) < 4.78 is 1.32. The van der Waals surface area contributed by atoms with Crippen LogP contribution < -0.4 is 5.32 Å². The summed E-state index contributed by atoms with van der Waals surface area (Å²) in [4.78, 5) is 0. The molecular formula is C15H22IN. The van der Waals surface area contributed by atoms with Gasteiger partial charge >= 0.3 is 0 Å². The van der Waals surface area contributed by atoms with Gasteiger partial charge in [-0.2, -0.15) is 0 Å². The van der Waals surface area contributed by atoms with E-state index in [1.807, 2.05) is 0 Å². The standard InChI is InChI=1S/C15H22IN/c1-4-9-17-14-10-13(15(14,2)3)11-5-7-12(16)8-6-11/h5-8,13-14,17H,4,9-10H2,1-3H3. The van der Waals surface area contributed by atoms with E-state index in [9.17, 15) is 0 Å². The van der Waals surface area contributed by atoms with Crippen molar-refractivity contribution in [2.75, 3.05) is 6.54 Å². The van der Waals surface area contributed by atoms with Crippen LogP contribution >= 0.6 is 22.6 Å². The molecule has 2 atom stereocenters. The minimum atomic E-state index is 0.391. The van der Waals surface area contributed by atoms with Gasteiger partial charge in [0.05, 0.1) is 0 Å². The molecule has 94 valence electrons. The highest BCUT2D eigenvalue weighted by Gasteiger charge is 2.47. The summed E-state index contributed by atoms with van der Waals surface area (Å²) >= 11 is 2.37. The number of nitrogens with one attached hydrogen (secondary N) is 1. The van der Waals surface area contributed by atoms with Crippen LogP contribution in [0.4, 0.5) is 0 Å². The molecule has 2 heteroatoms. The van der Waals surface area contributed by atoms with Crippen LogP contribution in [0.2, 0.25) is 0 Å². The second-order valence-electron chi connectivity index (χ2n) is 5.67. The zero-order chi connectivity index (χ0) is 12.5. The molecule has 1 aromatic rings. The topological polar surface area (TPSA) is 12.0 Å². The van der Waals surface area contributed by atoms with E-state index < -0.39 is 0 Å². The molecule has 17 heavy (non-hydrogen) atoms. The van der Waals surface area contributed by atoms with Crippen LogP contribution in [0.3, 0.4) is 0 Å². The van der Waals surface area contributed by atoms with Crippen molar-refractivity contribution in [3.63, 3.8) is 0 Å². The first kappa shape index (κ1) is 13.3. The molecule has 1 nitrogen and oxygen atoms in total. The Bertz CT molecular complexity index is 369. The molecule has 1 N–H and O–H groups in total. The van der Waals surface area contributed by atoms with Gasteiger partial charge in [0.15, 0.2) is 0 Å². The molecule has 0 radical (unpaired) electrons. The maximum atomic E-state index is 3.67. The molecule has 1 aromatic carbocycles. The first-order valence-electron chi connectivity index (χ1n) is 6.54. The van der Waals surface area contributed by atoms with Gasteiger partial charge in [0.1, 0.15) is 0 Å². The number of hydrogen-bond acceptors (Lipinski definition) is 1. The van der Waals surface area contributed by atoms with Crippen LogP contribution in [0.15, 0.2) is 24.3 Å². The molecular weight excluding hydrogens is 321 g/mol. The van der Waals surface area contributed by atoms with Gasteiger partial charge in [-0.1, -0.05) is 32.9 Å². The van der Waals surface area contributed by atoms with Gasteiger partial charge in [0.2, 0.25) is 0 Å². The Labute approximate surface area is 119 Å². The van der Waals surface area contributed by atoms with E-state index in [0.29, 0.717) is 17.4 Å². The third-order valence-corrected chi connectivity index (χ3v) is 4.90. The van der Waals surface area contributed by atoms with Gasteiger partial charge in [-0.05, 0) is 71.0 Å². The van der Waals surface area contributed by atoms with Crippen molar-refractivity contribution in [1.82, 2.24) is 5.32 Å². The first-order valence-corrected chi connectivity index (χ1v) is 7.62. The molecule has 1 fully saturated rings. The fourth-order valence-corrected chi connectivity index (χ4v) is 3.21. The molecule has 0 saturated heterocycles. The zero-order valence-corrected chi connectivity index (χ0v) is 13.1. The highest BCUT2D eigenvalue weighted by atomic mass is 127. The summed E-state index contributed by atoms with van der Waals surface area (Å²) in [7, 11) is 0. The van der Waals surface area contributed by atoms with Crippen molar-refractivity contribution in [2.24, 2.45) is 5.41 Å². The predicted molar refractivity (Wildman–Crippen MR) is 82.4 cm³/mol. The Morgan fingerprint density at radius 2 is 1.94 bits per heavy atom. The van der Waals surface area contributed by atoms with Crippen LogP contribution in [0, 0.1) is 8.99 Å². The summed E-state index contributed by atoms with van der Waals surface area (Å²) in [6, 6.07) is 9.72.